The lowest BCUT2D eigenvalue weighted by Crippen LogP contribution is -2.32. The third-order valence-corrected chi connectivity index (χ3v) is 6.84. The molecule has 0 aliphatic rings. The van der Waals surface area contributed by atoms with Gasteiger partial charge in [-0.25, -0.2) is 18.0 Å². The number of nitrogens with zero attached hydrogens (tertiary/aromatic N) is 1. The Morgan fingerprint density at radius 2 is 1.37 bits per heavy atom. The van der Waals surface area contributed by atoms with E-state index in [1.54, 1.807) is 25.1 Å². The third-order valence-electron chi connectivity index (χ3n) is 5.31. The number of aliphatic carboxylic acids is 1. The highest BCUT2D eigenvalue weighted by Crippen LogP contribution is 2.29. The summed E-state index contributed by atoms with van der Waals surface area (Å²) in [6, 6.07) is 8.21. The van der Waals surface area contributed by atoms with Gasteiger partial charge < -0.3 is 15.1 Å². The maximum atomic E-state index is 13.0. The molecule has 2 rings (SSSR count). The van der Waals surface area contributed by atoms with Gasteiger partial charge in [-0.3, -0.25) is 4.72 Å². The molecule has 12 heteroatoms. The molecule has 0 unspecified atom stereocenters. The Bertz CT molecular complexity index is 1250. The van der Waals surface area contributed by atoms with Crippen molar-refractivity contribution in [2.24, 2.45) is 11.8 Å². The minimum Gasteiger partial charge on any atom is -0.478 e. The van der Waals surface area contributed by atoms with Gasteiger partial charge in [-0.05, 0) is 73.6 Å². The Hall–Kier alpha value is -3.28. The lowest BCUT2D eigenvalue weighted by molar-refractivity contribution is -0.192. The molecule has 38 heavy (non-hydrogen) atoms. The van der Waals surface area contributed by atoms with Gasteiger partial charge >= 0.3 is 18.1 Å². The van der Waals surface area contributed by atoms with Gasteiger partial charge in [-0.15, -0.1) is 0 Å². The number of alkyl halides is 3. The van der Waals surface area contributed by atoms with Gasteiger partial charge in [0, 0.05) is 18.8 Å². The van der Waals surface area contributed by atoms with Crippen LogP contribution >= 0.6 is 0 Å². The number of hydrogen-bond donors (Lipinski definition) is 3. The zero-order valence-electron chi connectivity index (χ0n) is 22.5. The fourth-order valence-corrected chi connectivity index (χ4v) is 4.99. The van der Waals surface area contributed by atoms with E-state index in [0.717, 1.165) is 11.1 Å². The van der Waals surface area contributed by atoms with Gasteiger partial charge in [0.15, 0.2) is 0 Å². The summed E-state index contributed by atoms with van der Waals surface area (Å²) in [5.41, 5.74) is 3.45. The molecule has 0 radical (unpaired) electrons. The number of carbonyl (C=O) groups is 2. The van der Waals surface area contributed by atoms with Crippen LogP contribution in [0, 0.1) is 32.6 Å². The van der Waals surface area contributed by atoms with Crippen molar-refractivity contribution < 1.29 is 41.4 Å². The van der Waals surface area contributed by atoms with E-state index in [4.69, 9.17) is 9.90 Å². The quantitative estimate of drug-likeness (QED) is 0.351. The summed E-state index contributed by atoms with van der Waals surface area (Å²) in [6.07, 6.45) is -5.08. The fourth-order valence-electron chi connectivity index (χ4n) is 3.63. The number of sulfonamides is 1. The van der Waals surface area contributed by atoms with Gasteiger partial charge in [0.05, 0.1) is 16.1 Å². The Morgan fingerprint density at radius 1 is 0.895 bits per heavy atom. The molecule has 3 N–H and O–H groups in total. The number of nitrogens with one attached hydrogen (secondary N) is 1. The number of anilines is 2. The van der Waals surface area contributed by atoms with Crippen LogP contribution in [-0.4, -0.2) is 49.8 Å². The Morgan fingerprint density at radius 3 is 1.79 bits per heavy atom. The van der Waals surface area contributed by atoms with Crippen molar-refractivity contribution in [3.63, 3.8) is 0 Å². The van der Waals surface area contributed by atoms with E-state index < -0.39 is 28.1 Å². The van der Waals surface area contributed by atoms with Crippen molar-refractivity contribution in [3.8, 4) is 0 Å². The topological polar surface area (TPSA) is 124 Å². The Labute approximate surface area is 221 Å². The Kier molecular flexibility index (Phi) is 11.2. The molecule has 8 nitrogen and oxygen atoms in total. The summed E-state index contributed by atoms with van der Waals surface area (Å²) in [6.45, 7) is 15.3. The number of hydrogen-bond acceptors (Lipinski definition) is 5. The highest BCUT2D eigenvalue weighted by atomic mass is 32.2. The summed E-state index contributed by atoms with van der Waals surface area (Å²) in [4.78, 5) is 23.2. The van der Waals surface area contributed by atoms with Crippen LogP contribution < -0.4 is 9.62 Å². The second-order valence-electron chi connectivity index (χ2n) is 9.84. The zero-order chi connectivity index (χ0) is 29.6. The van der Waals surface area contributed by atoms with Gasteiger partial charge in [0.25, 0.3) is 10.0 Å². The average Bonchev–Trinajstić information content (AvgIpc) is 2.74. The lowest BCUT2D eigenvalue weighted by atomic mass is 10.1. The molecule has 0 aliphatic carbocycles. The number of aromatic carboxylic acids is 1. The molecule has 0 aromatic heterocycles. The van der Waals surface area contributed by atoms with Gasteiger partial charge in [0.1, 0.15) is 0 Å². The summed E-state index contributed by atoms with van der Waals surface area (Å²) in [5.74, 6) is -3.14. The first-order valence-electron chi connectivity index (χ1n) is 11.8. The molecule has 0 saturated heterocycles. The highest BCUT2D eigenvalue weighted by Gasteiger charge is 2.38. The molecular formula is C26H35F3N2O6S. The van der Waals surface area contributed by atoms with Crippen LogP contribution in [0.5, 0.6) is 0 Å². The predicted octanol–water partition coefficient (Wildman–Crippen LogP) is 5.86. The smallest absolute Gasteiger partial charge is 0.478 e. The normalized spacial score (nSPS) is 11.7. The van der Waals surface area contributed by atoms with Gasteiger partial charge in [-0.2, -0.15) is 13.2 Å². The Balaban J connectivity index is 0.000000905. The van der Waals surface area contributed by atoms with E-state index in [0.29, 0.717) is 36.2 Å². The van der Waals surface area contributed by atoms with Crippen molar-refractivity contribution in [2.75, 3.05) is 22.7 Å². The summed E-state index contributed by atoms with van der Waals surface area (Å²) in [7, 11) is -3.85. The highest BCUT2D eigenvalue weighted by molar-refractivity contribution is 7.92. The van der Waals surface area contributed by atoms with Crippen LogP contribution in [0.2, 0.25) is 0 Å². The van der Waals surface area contributed by atoms with Crippen LogP contribution in [0.4, 0.5) is 24.5 Å². The average molecular weight is 561 g/mol. The van der Waals surface area contributed by atoms with Crippen LogP contribution in [0.15, 0.2) is 35.2 Å². The van der Waals surface area contributed by atoms with E-state index in [2.05, 4.69) is 37.3 Å². The standard InChI is InChI=1S/C24H34N2O4S.C2HF3O2/c1-15(2)13-26(14-16(3)4)22-9-8-20(12-21(22)24(27)28)25-31(29,30)23-11-18(6)17(5)10-19(23)7;3-2(4,5)1(6)7/h8-12,15-16,25H,13-14H2,1-7H3,(H,27,28);(H,6,7). The second kappa shape index (κ2) is 13.0. The number of halogens is 3. The van der Waals surface area contributed by atoms with Crippen molar-refractivity contribution in [1.82, 2.24) is 0 Å². The molecule has 0 bridgehead atoms. The molecule has 0 heterocycles. The predicted molar refractivity (Wildman–Crippen MR) is 140 cm³/mol. The molecule has 0 fully saturated rings. The van der Waals surface area contributed by atoms with Crippen molar-refractivity contribution >= 4 is 33.3 Å². The van der Waals surface area contributed by atoms with Gasteiger partial charge in [0.2, 0.25) is 0 Å². The fraction of sp³-hybridized carbons (Fsp3) is 0.462. The maximum Gasteiger partial charge on any atom is 0.490 e. The van der Waals surface area contributed by atoms with E-state index in [1.807, 2.05) is 19.9 Å². The number of carboxylic acid groups (broad SMARTS) is 2. The molecule has 0 amide bonds. The molecular weight excluding hydrogens is 525 g/mol. The van der Waals surface area contributed by atoms with E-state index in [-0.39, 0.29) is 16.1 Å². The molecule has 0 aliphatic heterocycles. The van der Waals surface area contributed by atoms with Crippen LogP contribution in [-0.2, 0) is 14.8 Å². The summed E-state index contributed by atoms with van der Waals surface area (Å²) in [5, 5.41) is 17.0. The first kappa shape index (κ1) is 32.7. The van der Waals surface area contributed by atoms with Gasteiger partial charge in [-0.1, -0.05) is 33.8 Å². The minimum absolute atomic E-state index is 0.0818. The van der Waals surface area contributed by atoms with Crippen LogP contribution in [0.1, 0.15) is 54.7 Å². The van der Waals surface area contributed by atoms with Crippen molar-refractivity contribution in [3.05, 3.63) is 52.6 Å². The SMILES string of the molecule is Cc1cc(C)c(S(=O)(=O)Nc2ccc(N(CC(C)C)CC(C)C)c(C(=O)O)c2)cc1C.O=C(O)C(F)(F)F. The van der Waals surface area contributed by atoms with E-state index >= 15 is 0 Å². The molecule has 0 saturated carbocycles. The number of carboxylic acids is 2. The summed E-state index contributed by atoms with van der Waals surface area (Å²) < 4.78 is 60.3. The maximum absolute atomic E-state index is 13.0. The number of benzene rings is 2. The number of rotatable bonds is 9. The van der Waals surface area contributed by atoms with Crippen LogP contribution in [0.3, 0.4) is 0 Å². The zero-order valence-corrected chi connectivity index (χ0v) is 23.3. The number of aryl methyl sites for hydroxylation is 3. The first-order chi connectivity index (χ1) is 17.3. The third kappa shape index (κ3) is 9.55. The van der Waals surface area contributed by atoms with Crippen LogP contribution in [0.25, 0.3) is 0 Å². The van der Waals surface area contributed by atoms with E-state index in [9.17, 15) is 31.5 Å². The summed E-state index contributed by atoms with van der Waals surface area (Å²) >= 11 is 0. The van der Waals surface area contributed by atoms with Crippen molar-refractivity contribution in [1.29, 1.82) is 0 Å². The monoisotopic (exact) mass is 560 g/mol. The lowest BCUT2D eigenvalue weighted by Gasteiger charge is -2.30. The largest absolute Gasteiger partial charge is 0.490 e. The molecule has 2 aromatic carbocycles. The second-order valence-corrected chi connectivity index (χ2v) is 11.5. The van der Waals surface area contributed by atoms with E-state index in [1.165, 1.54) is 6.07 Å². The molecule has 212 valence electrons. The van der Waals surface area contributed by atoms with Crippen molar-refractivity contribution in [2.45, 2.75) is 59.5 Å². The molecule has 0 spiro atoms. The first-order valence-corrected chi connectivity index (χ1v) is 13.3. The minimum atomic E-state index is -5.08. The molecule has 2 aromatic rings. The molecule has 0 atom stereocenters.